The van der Waals surface area contributed by atoms with E-state index in [0.29, 0.717) is 19.5 Å². The summed E-state index contributed by atoms with van der Waals surface area (Å²) in [4.78, 5) is 21.2. The minimum absolute atomic E-state index is 0.250. The summed E-state index contributed by atoms with van der Waals surface area (Å²) in [5, 5.41) is 13.6. The van der Waals surface area contributed by atoms with Gasteiger partial charge in [-0.1, -0.05) is 6.92 Å². The van der Waals surface area contributed by atoms with Crippen molar-refractivity contribution in [1.82, 2.24) is 10.6 Å². The van der Waals surface area contributed by atoms with Crippen LogP contribution >= 0.6 is 0 Å². The van der Waals surface area contributed by atoms with Gasteiger partial charge in [-0.25, -0.2) is 4.79 Å². The van der Waals surface area contributed by atoms with Gasteiger partial charge in [-0.3, -0.25) is 4.79 Å². The second-order valence-corrected chi connectivity index (χ2v) is 2.81. The number of hydrogen-bond donors (Lipinski definition) is 3. The van der Waals surface area contributed by atoms with Crippen LogP contribution in [-0.2, 0) is 4.79 Å². The van der Waals surface area contributed by atoms with Gasteiger partial charge < -0.3 is 15.7 Å². The Kier molecular flexibility index (Phi) is 5.67. The third-order valence-corrected chi connectivity index (χ3v) is 1.62. The van der Waals surface area contributed by atoms with Crippen LogP contribution in [0, 0.1) is 5.92 Å². The molecule has 3 N–H and O–H groups in total. The molecule has 1 atom stereocenters. The summed E-state index contributed by atoms with van der Waals surface area (Å²) in [6, 6.07) is -0.250. The van der Waals surface area contributed by atoms with Gasteiger partial charge >= 0.3 is 12.0 Å². The molecule has 0 aromatic rings. The van der Waals surface area contributed by atoms with Crippen molar-refractivity contribution < 1.29 is 14.7 Å². The zero-order chi connectivity index (χ0) is 10.3. The van der Waals surface area contributed by atoms with Gasteiger partial charge in [-0.15, -0.1) is 0 Å². The Bertz CT molecular complexity index is 182. The van der Waals surface area contributed by atoms with E-state index in [1.165, 1.54) is 0 Å². The summed E-state index contributed by atoms with van der Waals surface area (Å²) in [5.41, 5.74) is 0. The quantitative estimate of drug-likeness (QED) is 0.585. The fourth-order valence-electron chi connectivity index (χ4n) is 0.749. The molecule has 0 aliphatic heterocycles. The Morgan fingerprint density at radius 3 is 2.46 bits per heavy atom. The number of aliphatic carboxylic acids is 1. The molecule has 2 amide bonds. The first-order chi connectivity index (χ1) is 6.07. The van der Waals surface area contributed by atoms with Gasteiger partial charge in [0.15, 0.2) is 0 Å². The molecule has 0 fully saturated rings. The predicted molar refractivity (Wildman–Crippen MR) is 48.5 cm³/mol. The maximum Gasteiger partial charge on any atom is 0.314 e. The first-order valence-electron chi connectivity index (χ1n) is 4.32. The molecule has 0 saturated heterocycles. The summed E-state index contributed by atoms with van der Waals surface area (Å²) >= 11 is 0. The highest BCUT2D eigenvalue weighted by Gasteiger charge is 2.10. The van der Waals surface area contributed by atoms with Crippen LogP contribution in [0.1, 0.15) is 20.3 Å². The summed E-state index contributed by atoms with van der Waals surface area (Å²) in [6.45, 7) is 4.39. The molecule has 0 aromatic heterocycles. The lowest BCUT2D eigenvalue weighted by Crippen LogP contribution is -2.36. The third kappa shape index (κ3) is 5.95. The highest BCUT2D eigenvalue weighted by Crippen LogP contribution is 1.99. The molecule has 0 saturated carbocycles. The van der Waals surface area contributed by atoms with E-state index in [0.717, 1.165) is 0 Å². The zero-order valence-electron chi connectivity index (χ0n) is 7.96. The van der Waals surface area contributed by atoms with Gasteiger partial charge in [0.1, 0.15) is 0 Å². The molecule has 13 heavy (non-hydrogen) atoms. The van der Waals surface area contributed by atoms with Gasteiger partial charge in [-0.05, 0) is 13.3 Å². The average Bonchev–Trinajstić information content (AvgIpc) is 2.04. The van der Waals surface area contributed by atoms with E-state index in [4.69, 9.17) is 5.11 Å². The van der Waals surface area contributed by atoms with Crippen molar-refractivity contribution in [2.75, 3.05) is 13.1 Å². The molecule has 0 radical (unpaired) electrons. The van der Waals surface area contributed by atoms with Crippen LogP contribution in [0.4, 0.5) is 4.79 Å². The number of carbonyl (C=O) groups excluding carboxylic acids is 1. The van der Waals surface area contributed by atoms with E-state index in [1.54, 1.807) is 6.92 Å². The van der Waals surface area contributed by atoms with Gasteiger partial charge in [0.05, 0.1) is 5.92 Å². The predicted octanol–water partition coefficient (Wildman–Crippen LogP) is 0.416. The van der Waals surface area contributed by atoms with Crippen LogP contribution in [0.5, 0.6) is 0 Å². The number of carbonyl (C=O) groups is 2. The van der Waals surface area contributed by atoms with Crippen molar-refractivity contribution in [3.63, 3.8) is 0 Å². The summed E-state index contributed by atoms with van der Waals surface area (Å²) in [5.74, 6) is -1.25. The second kappa shape index (κ2) is 6.28. The molecule has 0 aromatic carbocycles. The average molecular weight is 188 g/mol. The smallest absolute Gasteiger partial charge is 0.314 e. The molecule has 0 heterocycles. The third-order valence-electron chi connectivity index (χ3n) is 1.62. The summed E-state index contributed by atoms with van der Waals surface area (Å²) < 4.78 is 0. The molecule has 0 rings (SSSR count). The van der Waals surface area contributed by atoms with Crippen LogP contribution < -0.4 is 10.6 Å². The van der Waals surface area contributed by atoms with Crippen molar-refractivity contribution >= 4 is 12.0 Å². The number of amides is 2. The molecule has 5 nitrogen and oxygen atoms in total. The van der Waals surface area contributed by atoms with Gasteiger partial charge in [-0.2, -0.15) is 0 Å². The first kappa shape index (κ1) is 11.7. The number of carboxylic acid groups (broad SMARTS) is 1. The van der Waals surface area contributed by atoms with Crippen molar-refractivity contribution in [3.8, 4) is 0 Å². The molecule has 1 unspecified atom stereocenters. The van der Waals surface area contributed by atoms with Crippen molar-refractivity contribution in [1.29, 1.82) is 0 Å². The first-order valence-corrected chi connectivity index (χ1v) is 4.32. The molecule has 0 spiro atoms. The number of nitrogens with one attached hydrogen (secondary N) is 2. The van der Waals surface area contributed by atoms with Crippen LogP contribution in [0.15, 0.2) is 0 Å². The zero-order valence-corrected chi connectivity index (χ0v) is 7.96. The van der Waals surface area contributed by atoms with Crippen molar-refractivity contribution in [3.05, 3.63) is 0 Å². The molecule has 0 aliphatic rings. The van der Waals surface area contributed by atoms with Gasteiger partial charge in [0.25, 0.3) is 0 Å². The topological polar surface area (TPSA) is 78.4 Å². The van der Waals surface area contributed by atoms with Crippen LogP contribution in [0.2, 0.25) is 0 Å². The summed E-state index contributed by atoms with van der Waals surface area (Å²) in [7, 11) is 0. The lowest BCUT2D eigenvalue weighted by atomic mass is 10.1. The molecular weight excluding hydrogens is 172 g/mol. The Hall–Kier alpha value is -1.26. The van der Waals surface area contributed by atoms with E-state index in [-0.39, 0.29) is 6.03 Å². The van der Waals surface area contributed by atoms with Crippen LogP contribution in [0.3, 0.4) is 0 Å². The van der Waals surface area contributed by atoms with E-state index in [1.807, 2.05) is 6.92 Å². The maximum absolute atomic E-state index is 10.8. The molecular formula is C8H16N2O3. The van der Waals surface area contributed by atoms with Crippen LogP contribution in [-0.4, -0.2) is 30.2 Å². The highest BCUT2D eigenvalue weighted by molar-refractivity contribution is 5.74. The van der Waals surface area contributed by atoms with Crippen LogP contribution in [0.25, 0.3) is 0 Å². The van der Waals surface area contributed by atoms with E-state index >= 15 is 0 Å². The van der Waals surface area contributed by atoms with Crippen molar-refractivity contribution in [2.45, 2.75) is 20.3 Å². The van der Waals surface area contributed by atoms with E-state index < -0.39 is 11.9 Å². The maximum atomic E-state index is 10.8. The largest absolute Gasteiger partial charge is 0.481 e. The lowest BCUT2D eigenvalue weighted by Gasteiger charge is -2.07. The molecule has 0 bridgehead atoms. The van der Waals surface area contributed by atoms with Gasteiger partial charge in [0.2, 0.25) is 0 Å². The molecule has 76 valence electrons. The number of urea groups is 1. The van der Waals surface area contributed by atoms with E-state index in [2.05, 4.69) is 10.6 Å². The number of hydrogen-bond acceptors (Lipinski definition) is 2. The minimum atomic E-state index is -0.835. The standard InChI is InChI=1S/C8H16N2O3/c1-3-9-8(13)10-5-4-6(2)7(11)12/h6H,3-5H2,1-2H3,(H,11,12)(H2,9,10,13). The highest BCUT2D eigenvalue weighted by atomic mass is 16.4. The monoisotopic (exact) mass is 188 g/mol. The Balaban J connectivity index is 3.44. The van der Waals surface area contributed by atoms with Crippen molar-refractivity contribution in [2.24, 2.45) is 5.92 Å². The Morgan fingerprint density at radius 1 is 1.38 bits per heavy atom. The fraction of sp³-hybridized carbons (Fsp3) is 0.750. The fourth-order valence-corrected chi connectivity index (χ4v) is 0.749. The normalized spacial score (nSPS) is 11.8. The SMILES string of the molecule is CCNC(=O)NCCC(C)C(=O)O. The molecule has 5 heteroatoms. The van der Waals surface area contributed by atoms with Gasteiger partial charge in [0, 0.05) is 13.1 Å². The van der Waals surface area contributed by atoms with E-state index in [9.17, 15) is 9.59 Å². The number of rotatable bonds is 5. The Labute approximate surface area is 77.5 Å². The minimum Gasteiger partial charge on any atom is -0.481 e. The lowest BCUT2D eigenvalue weighted by molar-refractivity contribution is -0.141. The second-order valence-electron chi connectivity index (χ2n) is 2.81. The number of carboxylic acids is 1. The Morgan fingerprint density at radius 2 is 2.00 bits per heavy atom. The summed E-state index contributed by atoms with van der Waals surface area (Å²) in [6.07, 6.45) is 0.451. The molecule has 0 aliphatic carbocycles.